The van der Waals surface area contributed by atoms with Crippen LogP contribution < -0.4 is 5.01 Å². The smallest absolute Gasteiger partial charge is 0.270 e. The van der Waals surface area contributed by atoms with Gasteiger partial charge in [-0.25, -0.2) is 5.01 Å². The molecule has 156 valence electrons. The van der Waals surface area contributed by atoms with Crippen molar-refractivity contribution in [2.24, 2.45) is 5.10 Å². The zero-order valence-electron chi connectivity index (χ0n) is 17.5. The molecule has 4 rings (SSSR count). The first-order valence-corrected chi connectivity index (χ1v) is 10.6. The number of hydrazone groups is 1. The van der Waals surface area contributed by atoms with Crippen LogP contribution in [0.2, 0.25) is 0 Å². The topological polar surface area (TPSA) is 56.2 Å². The van der Waals surface area contributed by atoms with E-state index in [0.717, 1.165) is 37.3 Å². The fourth-order valence-corrected chi connectivity index (χ4v) is 3.99. The maximum atomic E-state index is 13.0. The highest BCUT2D eigenvalue weighted by atomic mass is 16.2. The highest BCUT2D eigenvalue weighted by Crippen LogP contribution is 2.24. The van der Waals surface area contributed by atoms with E-state index in [1.165, 1.54) is 10.6 Å². The third-order valence-corrected chi connectivity index (χ3v) is 5.84. The Bertz CT molecular complexity index is 933. The Kier molecular flexibility index (Phi) is 6.23. The van der Waals surface area contributed by atoms with E-state index in [2.05, 4.69) is 34.3 Å². The average molecular weight is 405 g/mol. The molecule has 0 spiro atoms. The van der Waals surface area contributed by atoms with Crippen molar-refractivity contribution in [3.63, 3.8) is 0 Å². The largest absolute Gasteiger partial charge is 0.335 e. The van der Waals surface area contributed by atoms with Gasteiger partial charge in [0.25, 0.3) is 5.91 Å². The van der Waals surface area contributed by atoms with Gasteiger partial charge in [0.1, 0.15) is 5.71 Å². The molecule has 2 aromatic rings. The number of hydrogen-bond acceptors (Lipinski definition) is 4. The zero-order valence-corrected chi connectivity index (χ0v) is 17.5. The number of rotatable bonds is 5. The lowest BCUT2D eigenvalue weighted by Gasteiger charge is -2.35. The highest BCUT2D eigenvalue weighted by molar-refractivity contribution is 6.40. The molecule has 0 saturated carbocycles. The van der Waals surface area contributed by atoms with Crippen LogP contribution in [0, 0.1) is 6.92 Å². The first kappa shape index (κ1) is 20.3. The first-order valence-electron chi connectivity index (χ1n) is 10.6. The molecule has 0 radical (unpaired) electrons. The molecule has 0 aliphatic carbocycles. The molecule has 0 aromatic heterocycles. The quantitative estimate of drug-likeness (QED) is 0.770. The molecule has 0 atom stereocenters. The van der Waals surface area contributed by atoms with Gasteiger partial charge in [-0.15, -0.1) is 0 Å². The van der Waals surface area contributed by atoms with E-state index in [1.54, 1.807) is 0 Å². The summed E-state index contributed by atoms with van der Waals surface area (Å²) in [5.41, 5.74) is 3.54. The van der Waals surface area contributed by atoms with Crippen LogP contribution in [0.15, 0.2) is 59.7 Å². The second-order valence-corrected chi connectivity index (χ2v) is 7.91. The van der Waals surface area contributed by atoms with E-state index < -0.39 is 0 Å². The van der Waals surface area contributed by atoms with Gasteiger partial charge >= 0.3 is 0 Å². The van der Waals surface area contributed by atoms with E-state index in [-0.39, 0.29) is 11.8 Å². The lowest BCUT2D eigenvalue weighted by Crippen LogP contribution is -2.51. The second kappa shape index (κ2) is 9.22. The van der Waals surface area contributed by atoms with E-state index in [0.29, 0.717) is 31.6 Å². The minimum absolute atomic E-state index is 0.0382. The summed E-state index contributed by atoms with van der Waals surface area (Å²) in [6.45, 7) is 6.08. The fraction of sp³-hybridized carbons (Fsp3) is 0.375. The highest BCUT2D eigenvalue weighted by Gasteiger charge is 2.30. The summed E-state index contributed by atoms with van der Waals surface area (Å²) in [5, 5.41) is 5.86. The van der Waals surface area contributed by atoms with Gasteiger partial charge in [0.2, 0.25) is 5.91 Å². The monoisotopic (exact) mass is 404 g/mol. The van der Waals surface area contributed by atoms with Gasteiger partial charge in [0.15, 0.2) is 0 Å². The minimum Gasteiger partial charge on any atom is -0.335 e. The van der Waals surface area contributed by atoms with E-state index in [4.69, 9.17) is 0 Å². The molecule has 6 heteroatoms. The summed E-state index contributed by atoms with van der Waals surface area (Å²) in [6, 6.07) is 18.1. The minimum atomic E-state index is -0.0634. The summed E-state index contributed by atoms with van der Waals surface area (Å²) >= 11 is 0. The molecule has 2 aliphatic heterocycles. The third kappa shape index (κ3) is 4.60. The lowest BCUT2D eigenvalue weighted by atomic mass is 10.1. The molecule has 1 saturated heterocycles. The second-order valence-electron chi connectivity index (χ2n) is 7.91. The van der Waals surface area contributed by atoms with Gasteiger partial charge in [0.05, 0.1) is 5.69 Å². The Morgan fingerprint density at radius 2 is 1.63 bits per heavy atom. The van der Waals surface area contributed by atoms with Crippen molar-refractivity contribution < 1.29 is 9.59 Å². The predicted molar refractivity (Wildman–Crippen MR) is 119 cm³/mol. The van der Waals surface area contributed by atoms with Crippen LogP contribution in [-0.4, -0.2) is 60.0 Å². The van der Waals surface area contributed by atoms with Crippen molar-refractivity contribution in [3.8, 4) is 0 Å². The zero-order chi connectivity index (χ0) is 20.9. The van der Waals surface area contributed by atoms with Crippen molar-refractivity contribution in [1.29, 1.82) is 0 Å². The number of amides is 2. The van der Waals surface area contributed by atoms with Gasteiger partial charge in [-0.05, 0) is 30.5 Å². The van der Waals surface area contributed by atoms with Crippen molar-refractivity contribution >= 4 is 23.2 Å². The number of aryl methyl sites for hydroxylation is 1. The molecule has 0 bridgehead atoms. The maximum Gasteiger partial charge on any atom is 0.270 e. The molecule has 2 heterocycles. The first-order chi connectivity index (χ1) is 14.6. The van der Waals surface area contributed by atoms with Crippen LogP contribution in [0.5, 0.6) is 0 Å². The fourth-order valence-electron chi connectivity index (χ4n) is 3.99. The molecule has 2 aromatic carbocycles. The Morgan fingerprint density at radius 1 is 0.933 bits per heavy atom. The Balaban J connectivity index is 1.36. The summed E-state index contributed by atoms with van der Waals surface area (Å²) in [5.74, 6) is -0.102. The van der Waals surface area contributed by atoms with Gasteiger partial charge in [-0.3, -0.25) is 14.5 Å². The van der Waals surface area contributed by atoms with Crippen molar-refractivity contribution in [2.45, 2.75) is 26.2 Å². The summed E-state index contributed by atoms with van der Waals surface area (Å²) in [4.78, 5) is 29.7. The standard InChI is InChI=1S/C24H28N4O2/c1-19-7-5-6-10-22(19)28-23(29)12-11-21(25-28)24(30)27-17-15-26(16-18-27)14-13-20-8-3-2-4-9-20/h2-10H,11-18H2,1H3. The maximum absolute atomic E-state index is 13.0. The van der Waals surface area contributed by atoms with Gasteiger partial charge < -0.3 is 4.90 Å². The van der Waals surface area contributed by atoms with Crippen LogP contribution in [0.25, 0.3) is 0 Å². The number of nitrogens with zero attached hydrogens (tertiary/aromatic N) is 4. The van der Waals surface area contributed by atoms with Gasteiger partial charge in [-0.2, -0.15) is 5.10 Å². The lowest BCUT2D eigenvalue weighted by molar-refractivity contribution is -0.126. The van der Waals surface area contributed by atoms with Gasteiger partial charge in [0, 0.05) is 45.6 Å². The van der Waals surface area contributed by atoms with E-state index >= 15 is 0 Å². The molecule has 0 unspecified atom stereocenters. The van der Waals surface area contributed by atoms with Crippen molar-refractivity contribution in [2.75, 3.05) is 37.7 Å². The number of para-hydroxylation sites is 1. The Hall–Kier alpha value is -2.99. The molecule has 1 fully saturated rings. The Labute approximate surface area is 177 Å². The van der Waals surface area contributed by atoms with Gasteiger partial charge in [-0.1, -0.05) is 48.5 Å². The number of carbonyl (C=O) groups is 2. The van der Waals surface area contributed by atoms with E-state index in [1.807, 2.05) is 42.2 Å². The van der Waals surface area contributed by atoms with Crippen LogP contribution in [0.3, 0.4) is 0 Å². The van der Waals surface area contributed by atoms with Crippen LogP contribution in [0.1, 0.15) is 24.0 Å². The summed E-state index contributed by atoms with van der Waals surface area (Å²) in [6.07, 6.45) is 1.75. The number of carbonyl (C=O) groups excluding carboxylic acids is 2. The normalized spacial score (nSPS) is 17.8. The van der Waals surface area contributed by atoms with Crippen LogP contribution >= 0.6 is 0 Å². The molecular weight excluding hydrogens is 376 g/mol. The average Bonchev–Trinajstić information content (AvgIpc) is 2.79. The summed E-state index contributed by atoms with van der Waals surface area (Å²) < 4.78 is 0. The van der Waals surface area contributed by atoms with Crippen LogP contribution in [0.4, 0.5) is 5.69 Å². The van der Waals surface area contributed by atoms with Crippen molar-refractivity contribution in [1.82, 2.24) is 9.80 Å². The number of hydrogen-bond donors (Lipinski definition) is 0. The molecule has 6 nitrogen and oxygen atoms in total. The summed E-state index contributed by atoms with van der Waals surface area (Å²) in [7, 11) is 0. The molecule has 0 N–H and O–H groups in total. The van der Waals surface area contributed by atoms with Crippen molar-refractivity contribution in [3.05, 3.63) is 65.7 Å². The third-order valence-electron chi connectivity index (χ3n) is 5.84. The molecule has 2 amide bonds. The predicted octanol–water partition coefficient (Wildman–Crippen LogP) is 2.86. The number of benzene rings is 2. The van der Waals surface area contributed by atoms with E-state index in [9.17, 15) is 9.59 Å². The number of piperazine rings is 1. The molecule has 30 heavy (non-hydrogen) atoms. The molecular formula is C24H28N4O2. The molecule has 2 aliphatic rings. The van der Waals surface area contributed by atoms with Crippen LogP contribution in [-0.2, 0) is 16.0 Å². The SMILES string of the molecule is Cc1ccccc1N1N=C(C(=O)N2CCN(CCc3ccccc3)CC2)CCC1=O. The number of anilines is 1. The Morgan fingerprint density at radius 3 is 2.37 bits per heavy atom.